The molecule has 4 heterocycles. The summed E-state index contributed by atoms with van der Waals surface area (Å²) >= 11 is 6.42. The van der Waals surface area contributed by atoms with E-state index in [4.69, 9.17) is 11.6 Å². The lowest BCUT2D eigenvalue weighted by Gasteiger charge is -2.28. The van der Waals surface area contributed by atoms with Crippen molar-refractivity contribution in [3.8, 4) is 11.3 Å². The van der Waals surface area contributed by atoms with Gasteiger partial charge >= 0.3 is 6.18 Å². The molecule has 3 amide bonds. The number of hydrogen-bond acceptors (Lipinski definition) is 6. The molecule has 248 valence electrons. The molecule has 1 aromatic carbocycles. The summed E-state index contributed by atoms with van der Waals surface area (Å²) in [6, 6.07) is 3.70. The molecule has 4 atom stereocenters. The molecule has 0 spiro atoms. The number of allylic oxidation sites excluding steroid dienone is 2. The third-order valence-electron chi connectivity index (χ3n) is 9.55. The highest BCUT2D eigenvalue weighted by Gasteiger charge is 2.57. The maximum absolute atomic E-state index is 13.8. The van der Waals surface area contributed by atoms with Gasteiger partial charge in [0.25, 0.3) is 11.8 Å². The monoisotopic (exact) mass is 674 g/mol. The molecule has 11 nitrogen and oxygen atoms in total. The largest absolute Gasteiger partial charge is 0.435 e. The van der Waals surface area contributed by atoms with Crippen molar-refractivity contribution in [3.63, 3.8) is 0 Å². The van der Waals surface area contributed by atoms with Crippen LogP contribution in [0.1, 0.15) is 52.0 Å². The topological polar surface area (TPSA) is 126 Å². The van der Waals surface area contributed by atoms with E-state index < -0.39 is 29.6 Å². The van der Waals surface area contributed by atoms with Gasteiger partial charge in [-0.2, -0.15) is 18.3 Å². The van der Waals surface area contributed by atoms with Gasteiger partial charge in [0.05, 0.1) is 34.1 Å². The maximum atomic E-state index is 13.8. The van der Waals surface area contributed by atoms with Crippen LogP contribution in [-0.4, -0.2) is 74.2 Å². The predicted octanol–water partition coefficient (Wildman–Crippen LogP) is 4.19. The van der Waals surface area contributed by atoms with Gasteiger partial charge in [0.1, 0.15) is 5.83 Å². The molecule has 3 fully saturated rings. The Labute approximate surface area is 271 Å². The molecule has 4 aliphatic rings. The number of anilines is 1. The number of amides is 3. The average Bonchev–Trinajstić information content (AvgIpc) is 3.45. The summed E-state index contributed by atoms with van der Waals surface area (Å²) < 4.78 is 57.0. The SMILES string of the molecule is Cn1c(-c2cn(C3C=C(F)C3)nc2C(F)(F)F)cnc1C(=O)Nc1ccc(C(=O)NC2[C@H]3CN(C(=O)C4CCNCC4)C[C@@H]23)c(Cl)c1. The van der Waals surface area contributed by atoms with E-state index in [0.717, 1.165) is 36.8 Å². The first kappa shape index (κ1) is 31.4. The van der Waals surface area contributed by atoms with Crippen molar-refractivity contribution in [3.05, 3.63) is 64.6 Å². The fourth-order valence-electron chi connectivity index (χ4n) is 6.81. The van der Waals surface area contributed by atoms with Crippen LogP contribution in [0.25, 0.3) is 11.3 Å². The Morgan fingerprint density at radius 2 is 1.79 bits per heavy atom. The van der Waals surface area contributed by atoms with Crippen LogP contribution in [-0.2, 0) is 18.0 Å². The molecule has 0 radical (unpaired) electrons. The van der Waals surface area contributed by atoms with Gasteiger partial charge in [-0.3, -0.25) is 19.1 Å². The molecule has 3 N–H and O–H groups in total. The second-order valence-electron chi connectivity index (χ2n) is 12.5. The second-order valence-corrected chi connectivity index (χ2v) is 12.9. The third-order valence-corrected chi connectivity index (χ3v) is 9.86. The molecule has 1 saturated carbocycles. The summed E-state index contributed by atoms with van der Waals surface area (Å²) in [5.74, 6) is -0.992. The summed E-state index contributed by atoms with van der Waals surface area (Å²) in [6.07, 6.45) is 0.331. The Hall–Kier alpha value is -4.24. The standard InChI is InChI=1S/C31H31ClF4N8O3/c1-42-24(22-14-44(18-8-16(33)9-18)41-26(22)31(34,35)36)11-38-27(42)29(46)39-17-2-3-19(23(32)10-17)28(45)40-25-20-12-43(13-21(20)25)30(47)15-4-6-37-7-5-15/h2-3,8,10-11,14-15,18,20-21,25,37H,4-7,9,12-13H2,1H3,(H,39,46)(H,40,45)/t18?,20-,21+,25?. The summed E-state index contributed by atoms with van der Waals surface area (Å²) in [7, 11) is 1.40. The number of nitrogens with zero attached hydrogens (tertiary/aromatic N) is 5. The van der Waals surface area contributed by atoms with Crippen molar-refractivity contribution < 1.29 is 31.9 Å². The lowest BCUT2D eigenvalue weighted by atomic mass is 9.96. The first-order valence-electron chi connectivity index (χ1n) is 15.3. The second kappa shape index (κ2) is 11.8. The van der Waals surface area contributed by atoms with Gasteiger partial charge in [0.15, 0.2) is 11.5 Å². The molecular weight excluding hydrogens is 644 g/mol. The van der Waals surface area contributed by atoms with Crippen molar-refractivity contribution in [2.75, 3.05) is 31.5 Å². The molecule has 47 heavy (non-hydrogen) atoms. The minimum absolute atomic E-state index is 0.00818. The number of hydrogen-bond donors (Lipinski definition) is 3. The number of nitrogens with one attached hydrogen (secondary N) is 3. The van der Waals surface area contributed by atoms with E-state index in [1.807, 2.05) is 4.90 Å². The Kier molecular flexibility index (Phi) is 7.86. The molecule has 3 aromatic rings. The predicted molar refractivity (Wildman–Crippen MR) is 162 cm³/mol. The van der Waals surface area contributed by atoms with E-state index in [1.54, 1.807) is 0 Å². The van der Waals surface area contributed by atoms with Gasteiger partial charge in [0.2, 0.25) is 5.91 Å². The number of benzene rings is 1. The summed E-state index contributed by atoms with van der Waals surface area (Å²) in [5, 5.41) is 12.7. The van der Waals surface area contributed by atoms with Crippen LogP contribution in [0.15, 0.2) is 42.5 Å². The molecular formula is C31H31ClF4N8O3. The number of imidazole rings is 1. The third kappa shape index (κ3) is 5.90. The van der Waals surface area contributed by atoms with Gasteiger partial charge in [-0.05, 0) is 50.2 Å². The number of carbonyl (C=O) groups is 3. The zero-order valence-corrected chi connectivity index (χ0v) is 25.9. The highest BCUT2D eigenvalue weighted by Crippen LogP contribution is 2.46. The van der Waals surface area contributed by atoms with Crippen molar-refractivity contribution in [2.45, 2.75) is 37.5 Å². The average molecular weight is 675 g/mol. The zero-order chi connectivity index (χ0) is 33.2. The number of likely N-dealkylation sites (tertiary alicyclic amines) is 1. The van der Waals surface area contributed by atoms with Crippen LogP contribution >= 0.6 is 11.6 Å². The molecule has 2 saturated heterocycles. The van der Waals surface area contributed by atoms with Crippen LogP contribution in [0.4, 0.5) is 23.2 Å². The summed E-state index contributed by atoms with van der Waals surface area (Å²) in [5.41, 5.74) is -1.02. The molecule has 2 aliphatic carbocycles. The van der Waals surface area contributed by atoms with E-state index >= 15 is 0 Å². The zero-order valence-electron chi connectivity index (χ0n) is 25.2. The Balaban J connectivity index is 0.981. The summed E-state index contributed by atoms with van der Waals surface area (Å²) in [4.78, 5) is 44.9. The summed E-state index contributed by atoms with van der Waals surface area (Å²) in [6.45, 7) is 2.96. The van der Waals surface area contributed by atoms with Gasteiger partial charge in [-0.15, -0.1) is 0 Å². The highest BCUT2D eigenvalue weighted by molar-refractivity contribution is 6.34. The Bertz CT molecular complexity index is 1780. The number of rotatable bonds is 7. The fourth-order valence-corrected chi connectivity index (χ4v) is 7.08. The van der Waals surface area contributed by atoms with Gasteiger partial charge in [-0.1, -0.05) is 11.6 Å². The van der Waals surface area contributed by atoms with Crippen LogP contribution < -0.4 is 16.0 Å². The van der Waals surface area contributed by atoms with Crippen LogP contribution in [0.5, 0.6) is 0 Å². The number of carbonyl (C=O) groups excluding carboxylic acids is 3. The number of aromatic nitrogens is 4. The van der Waals surface area contributed by atoms with E-state index in [1.165, 1.54) is 42.1 Å². The lowest BCUT2D eigenvalue weighted by Crippen LogP contribution is -2.43. The minimum Gasteiger partial charge on any atom is -0.349 e. The van der Waals surface area contributed by atoms with Crippen molar-refractivity contribution >= 4 is 35.0 Å². The molecule has 16 heteroatoms. The molecule has 7 rings (SSSR count). The molecule has 2 aliphatic heterocycles. The van der Waals surface area contributed by atoms with Crippen LogP contribution in [0.2, 0.25) is 5.02 Å². The van der Waals surface area contributed by atoms with E-state index in [-0.39, 0.29) is 75.4 Å². The van der Waals surface area contributed by atoms with Gasteiger partial charge in [-0.25, -0.2) is 9.37 Å². The van der Waals surface area contributed by atoms with E-state index in [2.05, 4.69) is 26.0 Å². The fraction of sp³-hybridized carbons (Fsp3) is 0.452. The smallest absolute Gasteiger partial charge is 0.349 e. The van der Waals surface area contributed by atoms with Crippen LogP contribution in [0, 0.1) is 17.8 Å². The van der Waals surface area contributed by atoms with Crippen molar-refractivity contribution in [2.24, 2.45) is 24.8 Å². The molecule has 0 bridgehead atoms. The number of piperidine rings is 2. The van der Waals surface area contributed by atoms with Crippen molar-refractivity contribution in [1.29, 1.82) is 0 Å². The number of fused-ring (bicyclic) bond motifs is 1. The van der Waals surface area contributed by atoms with Gasteiger partial charge < -0.3 is 25.4 Å². The number of halogens is 5. The lowest BCUT2D eigenvalue weighted by molar-refractivity contribution is -0.141. The quantitative estimate of drug-likeness (QED) is 0.323. The Morgan fingerprint density at radius 1 is 1.09 bits per heavy atom. The van der Waals surface area contributed by atoms with Gasteiger partial charge in [0, 0.05) is 62.2 Å². The first-order valence-corrected chi connectivity index (χ1v) is 15.7. The van der Waals surface area contributed by atoms with E-state index in [0.29, 0.717) is 13.1 Å². The normalized spacial score (nSPS) is 24.0. The van der Waals surface area contributed by atoms with Crippen LogP contribution in [0.3, 0.4) is 0 Å². The number of alkyl halides is 3. The highest BCUT2D eigenvalue weighted by atomic mass is 35.5. The molecule has 2 unspecified atom stereocenters. The molecule has 2 aromatic heterocycles. The van der Waals surface area contributed by atoms with Crippen molar-refractivity contribution in [1.82, 2.24) is 34.9 Å². The first-order chi connectivity index (χ1) is 22.4. The van der Waals surface area contributed by atoms with E-state index in [9.17, 15) is 31.9 Å². The minimum atomic E-state index is -4.80. The maximum Gasteiger partial charge on any atom is 0.435 e. The Morgan fingerprint density at radius 3 is 2.43 bits per heavy atom.